The Morgan fingerprint density at radius 3 is 3.06 bits per heavy atom. The fraction of sp³-hybridized carbons (Fsp3) is 0.600. The Balaban J connectivity index is 2.08. The zero-order chi connectivity index (χ0) is 11.9. The molecule has 0 radical (unpaired) electrons. The summed E-state index contributed by atoms with van der Waals surface area (Å²) in [4.78, 5) is 0. The van der Waals surface area contributed by atoms with E-state index in [0.29, 0.717) is 11.5 Å². The van der Waals surface area contributed by atoms with E-state index in [-0.39, 0.29) is 0 Å². The van der Waals surface area contributed by atoms with Crippen LogP contribution >= 0.6 is 0 Å². The van der Waals surface area contributed by atoms with Crippen LogP contribution in [0.5, 0.6) is 5.75 Å². The summed E-state index contributed by atoms with van der Waals surface area (Å²) in [5.41, 5.74) is 3.27. The number of rotatable bonds is 1. The first-order valence-corrected chi connectivity index (χ1v) is 6.65. The summed E-state index contributed by atoms with van der Waals surface area (Å²) in [5.74, 6) is 0.996. The van der Waals surface area contributed by atoms with E-state index in [0.717, 1.165) is 12.3 Å². The van der Waals surface area contributed by atoms with E-state index >= 15 is 0 Å². The molecule has 1 aromatic rings. The van der Waals surface area contributed by atoms with E-state index in [2.05, 4.69) is 30.4 Å². The van der Waals surface area contributed by atoms with Crippen LogP contribution in [0.15, 0.2) is 18.2 Å². The maximum Gasteiger partial charge on any atom is 0.119 e. The summed E-state index contributed by atoms with van der Waals surface area (Å²) in [6, 6.07) is 7.20. The lowest BCUT2D eigenvalue weighted by atomic mass is 9.64. The number of hydrogen-bond acceptors (Lipinski definition) is 2. The van der Waals surface area contributed by atoms with Gasteiger partial charge < -0.3 is 10.1 Å². The molecule has 0 spiro atoms. The Labute approximate surface area is 103 Å². The average molecular weight is 231 g/mol. The largest absolute Gasteiger partial charge is 0.497 e. The smallest absolute Gasteiger partial charge is 0.119 e. The van der Waals surface area contributed by atoms with Crippen molar-refractivity contribution in [1.29, 1.82) is 0 Å². The Kier molecular flexibility index (Phi) is 2.62. The maximum atomic E-state index is 5.38. The highest BCUT2D eigenvalue weighted by Crippen LogP contribution is 2.44. The normalized spacial score (nSPS) is 31.5. The van der Waals surface area contributed by atoms with Gasteiger partial charge in [0.15, 0.2) is 0 Å². The van der Waals surface area contributed by atoms with Crippen LogP contribution in [0, 0.1) is 0 Å². The second kappa shape index (κ2) is 4.02. The van der Waals surface area contributed by atoms with Gasteiger partial charge in [0.05, 0.1) is 7.11 Å². The molecule has 0 bridgehead atoms. The van der Waals surface area contributed by atoms with Crippen molar-refractivity contribution in [2.75, 3.05) is 7.11 Å². The highest BCUT2D eigenvalue weighted by molar-refractivity contribution is 5.43. The van der Waals surface area contributed by atoms with Crippen molar-refractivity contribution in [3.63, 3.8) is 0 Å². The van der Waals surface area contributed by atoms with Crippen LogP contribution in [-0.2, 0) is 12.0 Å². The van der Waals surface area contributed by atoms with E-state index in [9.17, 15) is 0 Å². The van der Waals surface area contributed by atoms with Crippen LogP contribution in [0.1, 0.15) is 43.7 Å². The van der Waals surface area contributed by atoms with Crippen molar-refractivity contribution in [3.8, 4) is 5.75 Å². The molecule has 2 atom stereocenters. The van der Waals surface area contributed by atoms with Gasteiger partial charge in [-0.05, 0) is 36.1 Å². The zero-order valence-corrected chi connectivity index (χ0v) is 10.8. The molecule has 2 heteroatoms. The van der Waals surface area contributed by atoms with Gasteiger partial charge in [-0.25, -0.2) is 0 Å². The molecule has 92 valence electrons. The Hall–Kier alpha value is -1.02. The lowest BCUT2D eigenvalue weighted by Gasteiger charge is -2.47. The first-order valence-electron chi connectivity index (χ1n) is 6.65. The molecule has 1 N–H and O–H groups in total. The van der Waals surface area contributed by atoms with Gasteiger partial charge >= 0.3 is 0 Å². The Morgan fingerprint density at radius 2 is 2.24 bits per heavy atom. The minimum atomic E-state index is 0.306. The molecule has 1 saturated carbocycles. The van der Waals surface area contributed by atoms with Crippen LogP contribution in [0.25, 0.3) is 0 Å². The predicted octanol–water partition coefficient (Wildman–Crippen LogP) is 3.00. The monoisotopic (exact) mass is 231 g/mol. The van der Waals surface area contributed by atoms with Crippen LogP contribution in [0.2, 0.25) is 0 Å². The van der Waals surface area contributed by atoms with Gasteiger partial charge in [0, 0.05) is 18.0 Å². The fourth-order valence-corrected chi connectivity index (χ4v) is 3.58. The number of hydrogen-bond donors (Lipinski definition) is 1. The third kappa shape index (κ3) is 1.66. The Bertz CT molecular complexity index is 429. The molecule has 1 heterocycles. The lowest BCUT2D eigenvalue weighted by molar-refractivity contribution is 0.211. The molecule has 0 amide bonds. The summed E-state index contributed by atoms with van der Waals surface area (Å²) in [6.45, 7) is 3.43. The number of benzene rings is 1. The lowest BCUT2D eigenvalue weighted by Crippen LogP contribution is -2.52. The third-order valence-electron chi connectivity index (χ3n) is 4.68. The zero-order valence-electron chi connectivity index (χ0n) is 10.8. The minimum Gasteiger partial charge on any atom is -0.497 e. The SMILES string of the molecule is COc1ccc2c(c1)[C@]1(C)CCCC[C@@H]1NC2. The van der Waals surface area contributed by atoms with E-state index in [1.165, 1.54) is 36.8 Å². The summed E-state index contributed by atoms with van der Waals surface area (Å²) < 4.78 is 5.38. The van der Waals surface area contributed by atoms with Gasteiger partial charge in [-0.15, -0.1) is 0 Å². The molecular weight excluding hydrogens is 210 g/mol. The van der Waals surface area contributed by atoms with Crippen LogP contribution in [0.3, 0.4) is 0 Å². The Morgan fingerprint density at radius 1 is 1.35 bits per heavy atom. The van der Waals surface area contributed by atoms with Crippen LogP contribution in [-0.4, -0.2) is 13.2 Å². The molecule has 1 aromatic carbocycles. The van der Waals surface area contributed by atoms with Gasteiger partial charge in [0.25, 0.3) is 0 Å². The van der Waals surface area contributed by atoms with Crippen LogP contribution in [0.4, 0.5) is 0 Å². The molecule has 17 heavy (non-hydrogen) atoms. The predicted molar refractivity (Wildman–Crippen MR) is 69.4 cm³/mol. The fourth-order valence-electron chi connectivity index (χ4n) is 3.58. The van der Waals surface area contributed by atoms with E-state index < -0.39 is 0 Å². The number of nitrogens with one attached hydrogen (secondary N) is 1. The van der Waals surface area contributed by atoms with E-state index in [1.807, 2.05) is 0 Å². The molecule has 2 aliphatic rings. The third-order valence-corrected chi connectivity index (χ3v) is 4.68. The number of ether oxygens (including phenoxy) is 1. The second-order valence-corrected chi connectivity index (χ2v) is 5.62. The summed E-state index contributed by atoms with van der Waals surface area (Å²) in [6.07, 6.45) is 5.33. The quantitative estimate of drug-likeness (QED) is 0.802. The van der Waals surface area contributed by atoms with Gasteiger partial charge in [0.1, 0.15) is 5.75 Å². The number of fused-ring (bicyclic) bond motifs is 3. The first kappa shape index (κ1) is 11.1. The van der Waals surface area contributed by atoms with E-state index in [1.54, 1.807) is 7.11 Å². The molecule has 2 nitrogen and oxygen atoms in total. The number of methoxy groups -OCH3 is 1. The minimum absolute atomic E-state index is 0.306. The maximum absolute atomic E-state index is 5.38. The summed E-state index contributed by atoms with van der Waals surface area (Å²) >= 11 is 0. The molecule has 1 aliphatic carbocycles. The van der Waals surface area contributed by atoms with Gasteiger partial charge in [-0.3, -0.25) is 0 Å². The van der Waals surface area contributed by atoms with Crippen molar-refractivity contribution in [2.24, 2.45) is 0 Å². The van der Waals surface area contributed by atoms with Crippen molar-refractivity contribution in [3.05, 3.63) is 29.3 Å². The molecule has 0 unspecified atom stereocenters. The van der Waals surface area contributed by atoms with Crippen molar-refractivity contribution in [2.45, 2.75) is 50.6 Å². The highest BCUT2D eigenvalue weighted by Gasteiger charge is 2.41. The summed E-state index contributed by atoms with van der Waals surface area (Å²) in [5, 5.41) is 3.71. The van der Waals surface area contributed by atoms with Crippen molar-refractivity contribution >= 4 is 0 Å². The molecule has 1 fully saturated rings. The molecule has 1 aliphatic heterocycles. The first-order chi connectivity index (χ1) is 8.24. The topological polar surface area (TPSA) is 21.3 Å². The molecular formula is C15H21NO. The average Bonchev–Trinajstić information content (AvgIpc) is 2.38. The molecule has 3 rings (SSSR count). The van der Waals surface area contributed by atoms with Crippen molar-refractivity contribution in [1.82, 2.24) is 5.32 Å². The highest BCUT2D eigenvalue weighted by atomic mass is 16.5. The summed E-state index contributed by atoms with van der Waals surface area (Å²) in [7, 11) is 1.75. The molecule has 0 aromatic heterocycles. The van der Waals surface area contributed by atoms with Crippen LogP contribution < -0.4 is 10.1 Å². The van der Waals surface area contributed by atoms with Gasteiger partial charge in [-0.1, -0.05) is 25.8 Å². The van der Waals surface area contributed by atoms with Gasteiger partial charge in [-0.2, -0.15) is 0 Å². The van der Waals surface area contributed by atoms with E-state index in [4.69, 9.17) is 4.74 Å². The van der Waals surface area contributed by atoms with Crippen molar-refractivity contribution < 1.29 is 4.74 Å². The molecule has 0 saturated heterocycles. The second-order valence-electron chi connectivity index (χ2n) is 5.62. The standard InChI is InChI=1S/C15H21NO/c1-15-8-4-3-5-14(15)16-10-11-6-7-12(17-2)9-13(11)15/h6-7,9,14,16H,3-5,8,10H2,1-2H3/t14-,15-/m0/s1. The van der Waals surface area contributed by atoms with Gasteiger partial charge in [0.2, 0.25) is 0 Å².